The molecule has 2 rings (SSSR count). The van der Waals surface area contributed by atoms with Crippen molar-refractivity contribution in [3.05, 3.63) is 52.0 Å². The van der Waals surface area contributed by atoms with E-state index in [1.165, 1.54) is 0 Å². The third kappa shape index (κ3) is 5.47. The average molecular weight is 388 g/mol. The molecule has 0 aliphatic heterocycles. The zero-order valence-electron chi connectivity index (χ0n) is 16.5. The molecular weight excluding hydrogens is 362 g/mol. The number of aryl methyl sites for hydroxylation is 2. The number of hydrogen-bond acceptors (Lipinski definition) is 4. The van der Waals surface area contributed by atoms with Crippen LogP contribution >= 0.6 is 11.6 Å². The molecule has 0 fully saturated rings. The third-order valence-electron chi connectivity index (χ3n) is 4.34. The minimum Gasteiger partial charge on any atom is -0.495 e. The topological polar surface area (TPSA) is 53.9 Å². The first-order valence-corrected chi connectivity index (χ1v) is 9.19. The summed E-state index contributed by atoms with van der Waals surface area (Å²) in [5.74, 6) is 0.619. The van der Waals surface area contributed by atoms with Gasteiger partial charge in [0.05, 0.1) is 30.7 Å². The molecule has 0 aromatic heterocycles. The summed E-state index contributed by atoms with van der Waals surface area (Å²) in [6, 6.07) is 9.20. The van der Waals surface area contributed by atoms with Crippen molar-refractivity contribution in [2.24, 2.45) is 4.99 Å². The summed E-state index contributed by atoms with van der Waals surface area (Å²) in [5, 5.41) is 3.62. The monoisotopic (exact) mass is 387 g/mol. The molecule has 0 atom stereocenters. The van der Waals surface area contributed by atoms with Crippen LogP contribution in [0.3, 0.4) is 0 Å². The smallest absolute Gasteiger partial charge is 0.182 e. The Morgan fingerprint density at radius 3 is 2.63 bits per heavy atom. The van der Waals surface area contributed by atoms with E-state index in [0.717, 1.165) is 29.0 Å². The number of nitrogens with zero attached hydrogens (tertiary/aromatic N) is 2. The van der Waals surface area contributed by atoms with Gasteiger partial charge in [-0.05, 0) is 62.2 Å². The Morgan fingerprint density at radius 1 is 1.26 bits per heavy atom. The first-order valence-electron chi connectivity index (χ1n) is 8.82. The molecular formula is C21H26ClN3O2. The second kappa shape index (κ2) is 9.42. The Labute approximate surface area is 166 Å². The molecule has 0 unspecified atom stereocenters. The number of Topliss-reactive ketones (excluding diaryl/α,β-unsaturated/α-hetero) is 1. The van der Waals surface area contributed by atoms with Gasteiger partial charge in [-0.2, -0.15) is 0 Å². The van der Waals surface area contributed by atoms with Gasteiger partial charge in [-0.3, -0.25) is 4.79 Å². The molecule has 0 aliphatic carbocycles. The maximum Gasteiger partial charge on any atom is 0.182 e. The van der Waals surface area contributed by atoms with Gasteiger partial charge in [-0.15, -0.1) is 0 Å². The van der Waals surface area contributed by atoms with Gasteiger partial charge >= 0.3 is 0 Å². The number of aliphatic imine (C=N–C) groups is 1. The van der Waals surface area contributed by atoms with E-state index >= 15 is 0 Å². The van der Waals surface area contributed by atoms with Crippen molar-refractivity contribution >= 4 is 35.1 Å². The van der Waals surface area contributed by atoms with Crippen LogP contribution in [0.5, 0.6) is 5.75 Å². The average Bonchev–Trinajstić information content (AvgIpc) is 2.66. The first kappa shape index (κ1) is 20.8. The minimum atomic E-state index is 0.0174. The molecule has 0 amide bonds. The second-order valence-electron chi connectivity index (χ2n) is 6.40. The summed E-state index contributed by atoms with van der Waals surface area (Å²) < 4.78 is 5.14. The van der Waals surface area contributed by atoms with E-state index in [4.69, 9.17) is 16.3 Å². The molecule has 1 N–H and O–H groups in total. The molecule has 2 aromatic rings. The highest BCUT2D eigenvalue weighted by molar-refractivity contribution is 6.32. The number of methoxy groups -OCH3 is 1. The molecule has 0 heterocycles. The fourth-order valence-electron chi connectivity index (χ4n) is 2.54. The minimum absolute atomic E-state index is 0.0174. The molecule has 0 radical (unpaired) electrons. The van der Waals surface area contributed by atoms with E-state index in [-0.39, 0.29) is 12.3 Å². The van der Waals surface area contributed by atoms with Crippen LogP contribution in [-0.2, 0) is 0 Å². The summed E-state index contributed by atoms with van der Waals surface area (Å²) in [6.07, 6.45) is 1.80. The Hall–Kier alpha value is -2.53. The molecule has 0 saturated carbocycles. The van der Waals surface area contributed by atoms with Crippen LogP contribution in [-0.4, -0.2) is 44.3 Å². The molecule has 2 aromatic carbocycles. The lowest BCUT2D eigenvalue weighted by molar-refractivity contribution is 0.101. The SMILES string of the molecule is CCN(C)/C=N\c1cc(C)c(C(=O)CNc2ccc(OC)c(Cl)c2)cc1C. The van der Waals surface area contributed by atoms with Crippen LogP contribution in [0.25, 0.3) is 0 Å². The summed E-state index contributed by atoms with van der Waals surface area (Å²) in [7, 11) is 3.54. The van der Waals surface area contributed by atoms with Gasteiger partial charge < -0.3 is 15.0 Å². The number of hydrogen-bond donors (Lipinski definition) is 1. The van der Waals surface area contributed by atoms with Gasteiger partial charge in [0.25, 0.3) is 0 Å². The quantitative estimate of drug-likeness (QED) is 0.398. The van der Waals surface area contributed by atoms with Crippen LogP contribution in [0.2, 0.25) is 5.02 Å². The van der Waals surface area contributed by atoms with Crippen molar-refractivity contribution in [1.82, 2.24) is 4.90 Å². The molecule has 27 heavy (non-hydrogen) atoms. The lowest BCUT2D eigenvalue weighted by atomic mass is 10.0. The Kier molecular flexibility index (Phi) is 7.25. The normalized spacial score (nSPS) is 10.9. The predicted octanol–water partition coefficient (Wildman–Crippen LogP) is 4.87. The number of ketones is 1. The van der Waals surface area contributed by atoms with Crippen molar-refractivity contribution in [3.8, 4) is 5.75 Å². The van der Waals surface area contributed by atoms with Crippen LogP contribution < -0.4 is 10.1 Å². The zero-order chi connectivity index (χ0) is 20.0. The number of ether oxygens (including phenoxy) is 1. The van der Waals surface area contributed by atoms with Crippen LogP contribution in [0.15, 0.2) is 35.3 Å². The standard InChI is InChI=1S/C21H26ClN3O2/c1-6-25(4)13-24-19-10-14(2)17(9-15(19)3)20(26)12-23-16-7-8-21(27-5)18(22)11-16/h7-11,13,23H,6,12H2,1-5H3/b24-13-. The molecule has 0 saturated heterocycles. The number of rotatable bonds is 8. The Bertz CT molecular complexity index is 850. The number of carbonyl (C=O) groups is 1. The lowest BCUT2D eigenvalue weighted by Crippen LogP contribution is -2.15. The van der Waals surface area contributed by atoms with Gasteiger partial charge in [0, 0.05) is 24.8 Å². The largest absolute Gasteiger partial charge is 0.495 e. The van der Waals surface area contributed by atoms with Crippen LogP contribution in [0.4, 0.5) is 11.4 Å². The van der Waals surface area contributed by atoms with E-state index < -0.39 is 0 Å². The van der Waals surface area contributed by atoms with Gasteiger partial charge in [-0.25, -0.2) is 4.99 Å². The molecule has 0 spiro atoms. The molecule has 144 valence electrons. The zero-order valence-corrected chi connectivity index (χ0v) is 17.2. The first-order chi connectivity index (χ1) is 12.8. The van der Waals surface area contributed by atoms with E-state index in [1.54, 1.807) is 25.6 Å². The number of benzene rings is 2. The van der Waals surface area contributed by atoms with Crippen LogP contribution in [0, 0.1) is 13.8 Å². The van der Waals surface area contributed by atoms with Gasteiger partial charge in [0.2, 0.25) is 0 Å². The second-order valence-corrected chi connectivity index (χ2v) is 6.80. The van der Waals surface area contributed by atoms with E-state index in [0.29, 0.717) is 16.3 Å². The molecule has 5 nitrogen and oxygen atoms in total. The van der Waals surface area contributed by atoms with Crippen molar-refractivity contribution in [1.29, 1.82) is 0 Å². The van der Waals surface area contributed by atoms with Crippen molar-refractivity contribution in [2.75, 3.05) is 32.6 Å². The van der Waals surface area contributed by atoms with Gasteiger partial charge in [0.1, 0.15) is 5.75 Å². The highest BCUT2D eigenvalue weighted by Crippen LogP contribution is 2.27. The van der Waals surface area contributed by atoms with Gasteiger partial charge in [-0.1, -0.05) is 11.6 Å². The van der Waals surface area contributed by atoms with E-state index in [1.807, 2.05) is 44.0 Å². The van der Waals surface area contributed by atoms with E-state index in [2.05, 4.69) is 17.2 Å². The van der Waals surface area contributed by atoms with Crippen LogP contribution in [0.1, 0.15) is 28.4 Å². The summed E-state index contributed by atoms with van der Waals surface area (Å²) in [4.78, 5) is 19.2. The molecule has 6 heteroatoms. The molecule has 0 aliphatic rings. The predicted molar refractivity (Wildman–Crippen MR) is 113 cm³/mol. The fourth-order valence-corrected chi connectivity index (χ4v) is 2.79. The highest BCUT2D eigenvalue weighted by Gasteiger charge is 2.12. The maximum atomic E-state index is 12.7. The highest BCUT2D eigenvalue weighted by atomic mass is 35.5. The van der Waals surface area contributed by atoms with Crippen molar-refractivity contribution < 1.29 is 9.53 Å². The summed E-state index contributed by atoms with van der Waals surface area (Å²) in [6.45, 7) is 7.03. The number of anilines is 1. The molecule has 0 bridgehead atoms. The maximum absolute atomic E-state index is 12.7. The number of nitrogens with one attached hydrogen (secondary N) is 1. The Balaban J connectivity index is 2.11. The van der Waals surface area contributed by atoms with Gasteiger partial charge in [0.15, 0.2) is 5.78 Å². The number of halogens is 1. The Morgan fingerprint density at radius 2 is 2.00 bits per heavy atom. The third-order valence-corrected chi connectivity index (χ3v) is 4.64. The fraction of sp³-hybridized carbons (Fsp3) is 0.333. The van der Waals surface area contributed by atoms with Crippen molar-refractivity contribution in [2.45, 2.75) is 20.8 Å². The lowest BCUT2D eigenvalue weighted by Gasteiger charge is -2.12. The summed E-state index contributed by atoms with van der Waals surface area (Å²) in [5.41, 5.74) is 4.22. The van der Waals surface area contributed by atoms with E-state index in [9.17, 15) is 4.79 Å². The number of carbonyl (C=O) groups excluding carboxylic acids is 1. The van der Waals surface area contributed by atoms with Crippen molar-refractivity contribution in [3.63, 3.8) is 0 Å². The summed E-state index contributed by atoms with van der Waals surface area (Å²) >= 11 is 6.12.